The highest BCUT2D eigenvalue weighted by molar-refractivity contribution is 5.69. The van der Waals surface area contributed by atoms with Crippen LogP contribution < -0.4 is 20.7 Å². The number of benzene rings is 2. The fourth-order valence-corrected chi connectivity index (χ4v) is 1.96. The molecule has 2 N–H and O–H groups in total. The Morgan fingerprint density at radius 3 is 2.37 bits per heavy atom. The van der Waals surface area contributed by atoms with Gasteiger partial charge in [0.25, 0.3) is 0 Å². The molecule has 2 aromatic rings. The number of ether oxygens (including phenoxy) is 1. The minimum Gasteiger partial charge on any atom is -0.497 e. The van der Waals surface area contributed by atoms with Crippen molar-refractivity contribution in [2.75, 3.05) is 12.1 Å². The van der Waals surface area contributed by atoms with Crippen molar-refractivity contribution in [3.05, 3.63) is 66.4 Å². The predicted octanol–water partition coefficient (Wildman–Crippen LogP) is 2.52. The van der Waals surface area contributed by atoms with Crippen molar-refractivity contribution < 1.29 is 4.74 Å². The quantitative estimate of drug-likeness (QED) is 0.881. The van der Waals surface area contributed by atoms with Gasteiger partial charge in [-0.1, -0.05) is 30.3 Å². The van der Waals surface area contributed by atoms with Gasteiger partial charge in [-0.3, -0.25) is 5.01 Å². The maximum Gasteiger partial charge on any atom is 0.119 e. The molecule has 0 saturated carbocycles. The molecular formula is C15H15N3O. The summed E-state index contributed by atoms with van der Waals surface area (Å²) in [5.41, 5.74) is 9.49. The lowest BCUT2D eigenvalue weighted by Gasteiger charge is -2.15. The highest BCUT2D eigenvalue weighted by Crippen LogP contribution is 2.22. The van der Waals surface area contributed by atoms with Gasteiger partial charge in [-0.25, -0.2) is 0 Å². The predicted molar refractivity (Wildman–Crippen MR) is 76.2 cm³/mol. The van der Waals surface area contributed by atoms with E-state index in [2.05, 4.69) is 23.1 Å². The minimum atomic E-state index is 0.850. The molecule has 0 unspecified atom stereocenters. The van der Waals surface area contributed by atoms with Gasteiger partial charge in [0.05, 0.1) is 18.5 Å². The van der Waals surface area contributed by atoms with Crippen molar-refractivity contribution in [1.29, 1.82) is 0 Å². The summed E-state index contributed by atoms with van der Waals surface area (Å²) in [5, 5.41) is 1.93. The second kappa shape index (κ2) is 5.04. The van der Waals surface area contributed by atoms with E-state index in [9.17, 15) is 0 Å². The van der Waals surface area contributed by atoms with Crippen molar-refractivity contribution in [2.24, 2.45) is 0 Å². The SMILES string of the molecule is COc1ccc(N2C=C(c3ccccc3)NN2)cc1. The van der Waals surface area contributed by atoms with E-state index < -0.39 is 0 Å². The Bertz CT molecular complexity index is 578. The first kappa shape index (κ1) is 11.6. The zero-order valence-electron chi connectivity index (χ0n) is 10.6. The molecule has 2 aromatic carbocycles. The summed E-state index contributed by atoms with van der Waals surface area (Å²) < 4.78 is 5.15. The van der Waals surface area contributed by atoms with Crippen molar-refractivity contribution in [3.63, 3.8) is 0 Å². The lowest BCUT2D eigenvalue weighted by Crippen LogP contribution is -2.36. The van der Waals surface area contributed by atoms with E-state index in [4.69, 9.17) is 4.74 Å². The number of anilines is 1. The maximum absolute atomic E-state index is 5.15. The smallest absolute Gasteiger partial charge is 0.119 e. The van der Waals surface area contributed by atoms with Gasteiger partial charge in [0, 0.05) is 11.8 Å². The number of hydrazine groups is 2. The molecule has 0 radical (unpaired) electrons. The summed E-state index contributed by atoms with van der Waals surface area (Å²) in [6.07, 6.45) is 2.02. The van der Waals surface area contributed by atoms with Gasteiger partial charge in [0.15, 0.2) is 0 Å². The molecule has 0 aromatic heterocycles. The van der Waals surface area contributed by atoms with E-state index in [1.54, 1.807) is 7.11 Å². The van der Waals surface area contributed by atoms with Crippen LogP contribution in [-0.2, 0) is 0 Å². The third-order valence-corrected chi connectivity index (χ3v) is 3.00. The van der Waals surface area contributed by atoms with E-state index >= 15 is 0 Å². The molecule has 0 spiro atoms. The third kappa shape index (κ3) is 2.39. The van der Waals surface area contributed by atoms with Crippen LogP contribution in [0.25, 0.3) is 5.70 Å². The first-order chi connectivity index (χ1) is 9.36. The Labute approximate surface area is 112 Å². The number of methoxy groups -OCH3 is 1. The number of nitrogens with zero attached hydrogens (tertiary/aromatic N) is 1. The van der Waals surface area contributed by atoms with Gasteiger partial charge < -0.3 is 10.2 Å². The van der Waals surface area contributed by atoms with Crippen LogP contribution in [0.15, 0.2) is 60.8 Å². The number of hydrogen-bond donors (Lipinski definition) is 2. The van der Waals surface area contributed by atoms with E-state index in [-0.39, 0.29) is 0 Å². The summed E-state index contributed by atoms with van der Waals surface area (Å²) in [4.78, 5) is 0. The van der Waals surface area contributed by atoms with Crippen molar-refractivity contribution in [2.45, 2.75) is 0 Å². The largest absolute Gasteiger partial charge is 0.497 e. The maximum atomic E-state index is 5.15. The normalized spacial score (nSPS) is 13.9. The Balaban J connectivity index is 1.82. The van der Waals surface area contributed by atoms with Gasteiger partial charge in [-0.15, -0.1) is 5.53 Å². The molecule has 0 aliphatic carbocycles. The van der Waals surface area contributed by atoms with Crippen LogP contribution in [0.5, 0.6) is 5.75 Å². The lowest BCUT2D eigenvalue weighted by atomic mass is 10.2. The summed E-state index contributed by atoms with van der Waals surface area (Å²) in [6, 6.07) is 18.1. The molecule has 0 amide bonds. The molecule has 19 heavy (non-hydrogen) atoms. The first-order valence-electron chi connectivity index (χ1n) is 6.09. The van der Waals surface area contributed by atoms with Crippen molar-refractivity contribution in [1.82, 2.24) is 11.0 Å². The molecule has 4 heteroatoms. The third-order valence-electron chi connectivity index (χ3n) is 3.00. The standard InChI is InChI=1S/C15H15N3O/c1-19-14-9-7-13(8-10-14)18-11-15(16-17-18)12-5-3-2-4-6-12/h2-11,16-17H,1H3. The molecule has 1 aliphatic rings. The van der Waals surface area contributed by atoms with E-state index in [1.807, 2.05) is 53.7 Å². The summed E-state index contributed by atoms with van der Waals surface area (Å²) >= 11 is 0. The molecule has 3 rings (SSSR count). The van der Waals surface area contributed by atoms with Gasteiger partial charge in [-0.05, 0) is 24.3 Å². The summed E-state index contributed by atoms with van der Waals surface area (Å²) in [6.45, 7) is 0. The van der Waals surface area contributed by atoms with Crippen LogP contribution in [-0.4, -0.2) is 7.11 Å². The molecule has 0 atom stereocenters. The Morgan fingerprint density at radius 1 is 0.947 bits per heavy atom. The summed E-state index contributed by atoms with van der Waals surface area (Å²) in [7, 11) is 1.66. The molecule has 0 fully saturated rings. The average molecular weight is 253 g/mol. The number of nitrogens with one attached hydrogen (secondary N) is 2. The highest BCUT2D eigenvalue weighted by atomic mass is 16.5. The second-order valence-corrected chi connectivity index (χ2v) is 4.21. The van der Waals surface area contributed by atoms with Gasteiger partial charge in [0.2, 0.25) is 0 Å². The van der Waals surface area contributed by atoms with Crippen molar-refractivity contribution >= 4 is 11.4 Å². The lowest BCUT2D eigenvalue weighted by molar-refractivity contribution is 0.415. The van der Waals surface area contributed by atoms with Crippen LogP contribution in [0.4, 0.5) is 5.69 Å². The van der Waals surface area contributed by atoms with Gasteiger partial charge in [-0.2, -0.15) is 0 Å². The Morgan fingerprint density at radius 2 is 1.68 bits per heavy atom. The van der Waals surface area contributed by atoms with Gasteiger partial charge >= 0.3 is 0 Å². The van der Waals surface area contributed by atoms with E-state index in [0.717, 1.165) is 22.7 Å². The number of hydrogen-bond acceptors (Lipinski definition) is 4. The topological polar surface area (TPSA) is 36.5 Å². The number of rotatable bonds is 3. The molecule has 96 valence electrons. The first-order valence-corrected chi connectivity index (χ1v) is 6.09. The molecular weight excluding hydrogens is 238 g/mol. The molecule has 1 heterocycles. The zero-order chi connectivity index (χ0) is 13.1. The van der Waals surface area contributed by atoms with E-state index in [0.29, 0.717) is 0 Å². The molecule has 0 saturated heterocycles. The van der Waals surface area contributed by atoms with Crippen LogP contribution in [0, 0.1) is 0 Å². The average Bonchev–Trinajstić information content (AvgIpc) is 2.98. The second-order valence-electron chi connectivity index (χ2n) is 4.21. The van der Waals surface area contributed by atoms with Crippen LogP contribution in [0.2, 0.25) is 0 Å². The molecule has 0 bridgehead atoms. The van der Waals surface area contributed by atoms with Gasteiger partial charge in [0.1, 0.15) is 5.75 Å². The zero-order valence-corrected chi connectivity index (χ0v) is 10.6. The monoisotopic (exact) mass is 253 g/mol. The minimum absolute atomic E-state index is 0.850. The van der Waals surface area contributed by atoms with Crippen LogP contribution in [0.3, 0.4) is 0 Å². The molecule has 4 nitrogen and oxygen atoms in total. The van der Waals surface area contributed by atoms with Crippen molar-refractivity contribution in [3.8, 4) is 5.75 Å². The fourth-order valence-electron chi connectivity index (χ4n) is 1.96. The van der Waals surface area contributed by atoms with E-state index in [1.165, 1.54) is 0 Å². The van der Waals surface area contributed by atoms with Crippen LogP contribution >= 0.6 is 0 Å². The van der Waals surface area contributed by atoms with Crippen LogP contribution in [0.1, 0.15) is 5.56 Å². The fraction of sp³-hybridized carbons (Fsp3) is 0.0667. The Hall–Kier alpha value is -2.46. The highest BCUT2D eigenvalue weighted by Gasteiger charge is 2.13. The Kier molecular flexibility index (Phi) is 3.08. The molecule has 1 aliphatic heterocycles. The summed E-state index contributed by atoms with van der Waals surface area (Å²) in [5.74, 6) is 0.850.